The maximum atomic E-state index is 12.0. The Labute approximate surface area is 152 Å². The van der Waals surface area contributed by atoms with Crippen LogP contribution in [0.3, 0.4) is 0 Å². The SMILES string of the molecule is Cc1ccc(C(CNC(=O)C(C)CN)N2CCCC2)cc1.Cl.Cl. The van der Waals surface area contributed by atoms with Crippen molar-refractivity contribution in [1.82, 2.24) is 10.2 Å². The molecule has 1 saturated heterocycles. The number of benzene rings is 1. The standard InChI is InChI=1S/C17H27N3O.2ClH/c1-13-5-7-15(8-6-13)16(20-9-3-4-10-20)12-19-17(21)14(2)11-18;;/h5-8,14,16H,3-4,9-12,18H2,1-2H3,(H,19,21);2*1H. The molecule has 1 aliphatic heterocycles. The molecular weight excluding hydrogens is 333 g/mol. The van der Waals surface area contributed by atoms with Gasteiger partial charge in [0, 0.05) is 19.0 Å². The Bertz CT molecular complexity index is 461. The Morgan fingerprint density at radius 3 is 2.30 bits per heavy atom. The topological polar surface area (TPSA) is 58.4 Å². The molecule has 4 nitrogen and oxygen atoms in total. The molecule has 2 atom stereocenters. The summed E-state index contributed by atoms with van der Waals surface area (Å²) in [6.45, 7) is 7.24. The average Bonchev–Trinajstić information content (AvgIpc) is 3.02. The summed E-state index contributed by atoms with van der Waals surface area (Å²) in [5.41, 5.74) is 8.10. The number of halogens is 2. The van der Waals surface area contributed by atoms with E-state index in [1.165, 1.54) is 24.0 Å². The normalized spacial score (nSPS) is 16.8. The first-order valence-corrected chi connectivity index (χ1v) is 7.90. The maximum Gasteiger partial charge on any atom is 0.224 e. The van der Waals surface area contributed by atoms with Crippen molar-refractivity contribution in [3.05, 3.63) is 35.4 Å². The van der Waals surface area contributed by atoms with E-state index in [0.717, 1.165) is 13.1 Å². The van der Waals surface area contributed by atoms with Gasteiger partial charge in [0.2, 0.25) is 5.91 Å². The monoisotopic (exact) mass is 361 g/mol. The summed E-state index contributed by atoms with van der Waals surface area (Å²) in [6.07, 6.45) is 2.49. The van der Waals surface area contributed by atoms with E-state index in [2.05, 4.69) is 41.4 Å². The van der Waals surface area contributed by atoms with Gasteiger partial charge in [-0.25, -0.2) is 0 Å². The highest BCUT2D eigenvalue weighted by molar-refractivity contribution is 5.85. The third-order valence-corrected chi connectivity index (χ3v) is 4.31. The molecule has 1 aromatic carbocycles. The van der Waals surface area contributed by atoms with E-state index >= 15 is 0 Å². The minimum Gasteiger partial charge on any atom is -0.354 e. The fraction of sp³-hybridized carbons (Fsp3) is 0.588. The highest BCUT2D eigenvalue weighted by Gasteiger charge is 2.24. The molecule has 6 heteroatoms. The number of nitrogens with zero attached hydrogens (tertiary/aromatic N) is 1. The summed E-state index contributed by atoms with van der Waals surface area (Å²) < 4.78 is 0. The number of rotatable bonds is 6. The van der Waals surface area contributed by atoms with E-state index in [4.69, 9.17) is 5.73 Å². The first kappa shape index (κ1) is 22.2. The lowest BCUT2D eigenvalue weighted by molar-refractivity contribution is -0.124. The molecule has 0 aromatic heterocycles. The minimum absolute atomic E-state index is 0. The molecule has 1 fully saturated rings. The molecule has 1 aromatic rings. The number of nitrogens with two attached hydrogens (primary N) is 1. The van der Waals surface area contributed by atoms with Gasteiger partial charge >= 0.3 is 0 Å². The van der Waals surface area contributed by atoms with Crippen LogP contribution in [-0.2, 0) is 4.79 Å². The fourth-order valence-corrected chi connectivity index (χ4v) is 2.78. The predicted octanol–water partition coefficient (Wildman–Crippen LogP) is 2.69. The molecule has 0 radical (unpaired) electrons. The van der Waals surface area contributed by atoms with Crippen molar-refractivity contribution in [2.75, 3.05) is 26.2 Å². The van der Waals surface area contributed by atoms with Gasteiger partial charge in [-0.3, -0.25) is 9.69 Å². The smallest absolute Gasteiger partial charge is 0.224 e. The Hall–Kier alpha value is -0.810. The minimum atomic E-state index is -0.123. The molecule has 1 heterocycles. The molecule has 1 amide bonds. The lowest BCUT2D eigenvalue weighted by atomic mass is 10.0. The van der Waals surface area contributed by atoms with Gasteiger partial charge < -0.3 is 11.1 Å². The van der Waals surface area contributed by atoms with Gasteiger partial charge in [-0.2, -0.15) is 0 Å². The lowest BCUT2D eigenvalue weighted by Gasteiger charge is -2.28. The van der Waals surface area contributed by atoms with Crippen molar-refractivity contribution in [3.8, 4) is 0 Å². The van der Waals surface area contributed by atoms with E-state index in [-0.39, 0.29) is 42.7 Å². The Balaban J connectivity index is 0.00000242. The maximum absolute atomic E-state index is 12.0. The lowest BCUT2D eigenvalue weighted by Crippen LogP contribution is -2.40. The summed E-state index contributed by atoms with van der Waals surface area (Å²) in [5, 5.41) is 3.06. The highest BCUT2D eigenvalue weighted by Crippen LogP contribution is 2.24. The van der Waals surface area contributed by atoms with Crippen LogP contribution < -0.4 is 11.1 Å². The second-order valence-corrected chi connectivity index (χ2v) is 6.05. The van der Waals surface area contributed by atoms with Crippen LogP contribution in [0.1, 0.15) is 36.9 Å². The first-order chi connectivity index (χ1) is 10.1. The van der Waals surface area contributed by atoms with Gasteiger partial charge in [0.25, 0.3) is 0 Å². The Morgan fingerprint density at radius 2 is 1.78 bits per heavy atom. The van der Waals surface area contributed by atoms with E-state index in [9.17, 15) is 4.79 Å². The van der Waals surface area contributed by atoms with Crippen LogP contribution in [0.2, 0.25) is 0 Å². The fourth-order valence-electron chi connectivity index (χ4n) is 2.78. The quantitative estimate of drug-likeness (QED) is 0.818. The zero-order valence-electron chi connectivity index (χ0n) is 14.0. The second kappa shape index (κ2) is 10.9. The van der Waals surface area contributed by atoms with Crippen LogP contribution in [0, 0.1) is 12.8 Å². The third kappa shape index (κ3) is 6.30. The van der Waals surface area contributed by atoms with E-state index in [1.807, 2.05) is 6.92 Å². The summed E-state index contributed by atoms with van der Waals surface area (Å²) in [5.74, 6) is -0.0731. The number of likely N-dealkylation sites (tertiary alicyclic amines) is 1. The molecule has 0 bridgehead atoms. The number of nitrogens with one attached hydrogen (secondary N) is 1. The zero-order chi connectivity index (χ0) is 15.2. The number of hydrogen-bond acceptors (Lipinski definition) is 3. The van der Waals surface area contributed by atoms with Gasteiger partial charge in [-0.05, 0) is 38.4 Å². The number of hydrogen-bond donors (Lipinski definition) is 2. The van der Waals surface area contributed by atoms with Crippen molar-refractivity contribution in [1.29, 1.82) is 0 Å². The molecule has 23 heavy (non-hydrogen) atoms. The summed E-state index contributed by atoms with van der Waals surface area (Å²) in [4.78, 5) is 14.4. The van der Waals surface area contributed by atoms with Crippen LogP contribution in [0.25, 0.3) is 0 Å². The van der Waals surface area contributed by atoms with Gasteiger partial charge in [0.15, 0.2) is 0 Å². The predicted molar refractivity (Wildman–Crippen MR) is 100 cm³/mol. The van der Waals surface area contributed by atoms with E-state index in [0.29, 0.717) is 13.1 Å². The van der Waals surface area contributed by atoms with Crippen molar-refractivity contribution in [3.63, 3.8) is 0 Å². The van der Waals surface area contributed by atoms with Crippen LogP contribution >= 0.6 is 24.8 Å². The number of aryl methyl sites for hydroxylation is 1. The Kier molecular flexibility index (Phi) is 10.5. The Morgan fingerprint density at radius 1 is 1.22 bits per heavy atom. The number of carbonyl (C=O) groups excluding carboxylic acids is 1. The van der Waals surface area contributed by atoms with Crippen molar-refractivity contribution >= 4 is 30.7 Å². The van der Waals surface area contributed by atoms with E-state index < -0.39 is 0 Å². The molecule has 1 aliphatic rings. The molecule has 2 rings (SSSR count). The van der Waals surface area contributed by atoms with Crippen LogP contribution in [0.15, 0.2) is 24.3 Å². The summed E-state index contributed by atoms with van der Waals surface area (Å²) >= 11 is 0. The van der Waals surface area contributed by atoms with Gasteiger partial charge in [0.1, 0.15) is 0 Å². The summed E-state index contributed by atoms with van der Waals surface area (Å²) in [6, 6.07) is 8.90. The van der Waals surface area contributed by atoms with Gasteiger partial charge in [0.05, 0.1) is 6.04 Å². The molecule has 0 spiro atoms. The average molecular weight is 362 g/mol. The molecular formula is C17H29Cl2N3O. The molecule has 132 valence electrons. The number of carbonyl (C=O) groups is 1. The van der Waals surface area contributed by atoms with Crippen LogP contribution in [0.4, 0.5) is 0 Å². The van der Waals surface area contributed by atoms with Crippen molar-refractivity contribution < 1.29 is 4.79 Å². The summed E-state index contributed by atoms with van der Waals surface area (Å²) in [7, 11) is 0. The van der Waals surface area contributed by atoms with Crippen molar-refractivity contribution in [2.24, 2.45) is 11.7 Å². The molecule has 3 N–H and O–H groups in total. The van der Waals surface area contributed by atoms with Crippen LogP contribution in [-0.4, -0.2) is 37.0 Å². The number of amides is 1. The molecule has 0 saturated carbocycles. The highest BCUT2D eigenvalue weighted by atomic mass is 35.5. The molecule has 0 aliphatic carbocycles. The van der Waals surface area contributed by atoms with Gasteiger partial charge in [-0.1, -0.05) is 36.8 Å². The van der Waals surface area contributed by atoms with Gasteiger partial charge in [-0.15, -0.1) is 24.8 Å². The van der Waals surface area contributed by atoms with E-state index in [1.54, 1.807) is 0 Å². The van der Waals surface area contributed by atoms with Crippen molar-refractivity contribution in [2.45, 2.75) is 32.7 Å². The second-order valence-electron chi connectivity index (χ2n) is 6.05. The largest absolute Gasteiger partial charge is 0.354 e. The zero-order valence-corrected chi connectivity index (χ0v) is 15.6. The third-order valence-electron chi connectivity index (χ3n) is 4.31. The molecule has 2 unspecified atom stereocenters. The first-order valence-electron chi connectivity index (χ1n) is 7.90. The van der Waals surface area contributed by atoms with Crippen LogP contribution in [0.5, 0.6) is 0 Å².